The first kappa shape index (κ1) is 23.9. The van der Waals surface area contributed by atoms with Crippen molar-refractivity contribution in [2.24, 2.45) is 46.8 Å². The highest BCUT2D eigenvalue weighted by Crippen LogP contribution is 2.61. The van der Waals surface area contributed by atoms with Gasteiger partial charge >= 0.3 is 5.97 Å². The number of aliphatic hydroxyl groups is 3. The molecule has 0 radical (unpaired) electrons. The van der Waals surface area contributed by atoms with Gasteiger partial charge in [-0.1, -0.05) is 31.6 Å². The second-order valence-electron chi connectivity index (χ2n) is 11.8. The normalized spacial score (nSPS) is 48.4. The summed E-state index contributed by atoms with van der Waals surface area (Å²) in [5.74, 6) is -2.90. The van der Waals surface area contributed by atoms with Gasteiger partial charge in [0, 0.05) is 24.2 Å². The fourth-order valence-electron chi connectivity index (χ4n) is 8.05. The van der Waals surface area contributed by atoms with E-state index in [-0.39, 0.29) is 41.7 Å². The Balaban J connectivity index is 1.46. The smallest absolute Gasteiger partial charge is 0.309 e. The zero-order chi connectivity index (χ0) is 24.7. The third-order valence-electron chi connectivity index (χ3n) is 10.3. The summed E-state index contributed by atoms with van der Waals surface area (Å²) >= 11 is 0. The highest BCUT2D eigenvalue weighted by Gasteiger charge is 2.65. The molecule has 3 N–H and O–H groups in total. The van der Waals surface area contributed by atoms with Crippen LogP contribution < -0.4 is 0 Å². The third kappa shape index (κ3) is 3.09. The highest BCUT2D eigenvalue weighted by atomic mass is 16.6. The zero-order valence-electron chi connectivity index (χ0n) is 20.3. The van der Waals surface area contributed by atoms with Crippen molar-refractivity contribution in [2.75, 3.05) is 0 Å². The Bertz CT molecular complexity index is 979. The van der Waals surface area contributed by atoms with Crippen LogP contribution in [-0.4, -0.2) is 56.8 Å². The van der Waals surface area contributed by atoms with E-state index in [1.54, 1.807) is 19.9 Å². The van der Waals surface area contributed by atoms with Crippen LogP contribution in [0.1, 0.15) is 53.4 Å². The Morgan fingerprint density at radius 1 is 1.21 bits per heavy atom. The summed E-state index contributed by atoms with van der Waals surface area (Å²) in [5.41, 5.74) is -1.45. The van der Waals surface area contributed by atoms with Gasteiger partial charge in [0.05, 0.1) is 23.0 Å². The maximum absolute atomic E-state index is 13.6. The van der Waals surface area contributed by atoms with Gasteiger partial charge in [-0.2, -0.15) is 0 Å². The Morgan fingerprint density at radius 2 is 1.91 bits per heavy atom. The Morgan fingerprint density at radius 3 is 2.56 bits per heavy atom. The molecule has 0 unspecified atom stereocenters. The maximum atomic E-state index is 13.6. The molecule has 5 rings (SSSR count). The molecule has 1 aliphatic heterocycles. The monoisotopic (exact) mass is 472 g/mol. The Hall–Kier alpha value is -1.83. The number of allylic oxidation sites excluding steroid dienone is 4. The molecule has 3 fully saturated rings. The molecule has 7 heteroatoms. The number of cyclic esters (lactones) is 1. The van der Waals surface area contributed by atoms with Gasteiger partial charge < -0.3 is 20.1 Å². The predicted molar refractivity (Wildman–Crippen MR) is 122 cm³/mol. The number of aliphatic hydroxyl groups excluding tert-OH is 2. The summed E-state index contributed by atoms with van der Waals surface area (Å²) in [7, 11) is 0. The van der Waals surface area contributed by atoms with Crippen LogP contribution in [0.5, 0.6) is 0 Å². The van der Waals surface area contributed by atoms with E-state index < -0.39 is 53.1 Å². The number of carbonyl (C=O) groups excluding carboxylic acids is 3. The quantitative estimate of drug-likeness (QED) is 0.424. The summed E-state index contributed by atoms with van der Waals surface area (Å²) in [6.45, 7) is 6.93. The van der Waals surface area contributed by atoms with E-state index in [0.717, 1.165) is 18.4 Å². The molecule has 186 valence electrons. The maximum Gasteiger partial charge on any atom is 0.309 e. The van der Waals surface area contributed by atoms with Crippen molar-refractivity contribution < 1.29 is 34.4 Å². The number of Topliss-reactive ketones (excluding diaryl/α,β-unsaturated/α-hetero) is 1. The van der Waals surface area contributed by atoms with Crippen LogP contribution in [0, 0.1) is 46.8 Å². The summed E-state index contributed by atoms with van der Waals surface area (Å²) in [6.07, 6.45) is 4.37. The second-order valence-corrected chi connectivity index (χ2v) is 11.8. The van der Waals surface area contributed by atoms with E-state index in [2.05, 4.69) is 6.08 Å². The van der Waals surface area contributed by atoms with Gasteiger partial charge in [-0.15, -0.1) is 0 Å². The molecular weight excluding hydrogens is 436 g/mol. The molecule has 2 saturated carbocycles. The van der Waals surface area contributed by atoms with Crippen molar-refractivity contribution in [3.63, 3.8) is 0 Å². The van der Waals surface area contributed by atoms with Gasteiger partial charge in [-0.05, 0) is 56.9 Å². The van der Waals surface area contributed by atoms with Crippen LogP contribution in [0.4, 0.5) is 0 Å². The van der Waals surface area contributed by atoms with Crippen molar-refractivity contribution >= 4 is 17.5 Å². The molecule has 0 amide bonds. The fraction of sp³-hybridized carbons (Fsp3) is 0.741. The molecule has 4 aliphatic carbocycles. The molecule has 0 bridgehead atoms. The van der Waals surface area contributed by atoms with E-state index in [1.165, 1.54) is 6.92 Å². The van der Waals surface area contributed by atoms with Crippen LogP contribution in [0.15, 0.2) is 23.8 Å². The number of ketones is 2. The van der Waals surface area contributed by atoms with E-state index in [9.17, 15) is 29.7 Å². The Kier molecular flexibility index (Phi) is 5.51. The summed E-state index contributed by atoms with van der Waals surface area (Å²) in [6, 6.07) is 0. The van der Waals surface area contributed by atoms with Crippen LogP contribution in [0.3, 0.4) is 0 Å². The molecule has 12 atom stereocenters. The van der Waals surface area contributed by atoms with Gasteiger partial charge in [0.2, 0.25) is 0 Å². The number of carbonyl (C=O) groups is 3. The minimum Gasteiger partial charge on any atom is -0.459 e. The third-order valence-corrected chi connectivity index (χ3v) is 10.3. The molecule has 0 aromatic heterocycles. The average molecular weight is 473 g/mol. The lowest BCUT2D eigenvalue weighted by Crippen LogP contribution is -2.59. The summed E-state index contributed by atoms with van der Waals surface area (Å²) < 4.78 is 5.39. The molecule has 34 heavy (non-hydrogen) atoms. The molecule has 0 aromatic carbocycles. The van der Waals surface area contributed by atoms with E-state index in [0.29, 0.717) is 6.42 Å². The fourth-order valence-corrected chi connectivity index (χ4v) is 8.05. The molecule has 5 aliphatic rings. The van der Waals surface area contributed by atoms with Crippen LogP contribution in [-0.2, 0) is 19.1 Å². The van der Waals surface area contributed by atoms with Crippen LogP contribution in [0.2, 0.25) is 0 Å². The number of fused-ring (bicyclic) bond motifs is 5. The average Bonchev–Trinajstić information content (AvgIpc) is 3.27. The van der Waals surface area contributed by atoms with Crippen molar-refractivity contribution in [2.45, 2.75) is 77.3 Å². The van der Waals surface area contributed by atoms with Crippen LogP contribution >= 0.6 is 0 Å². The number of rotatable bonds is 3. The molecule has 0 aromatic rings. The molecule has 1 heterocycles. The van der Waals surface area contributed by atoms with E-state index >= 15 is 0 Å². The largest absolute Gasteiger partial charge is 0.459 e. The zero-order valence-corrected chi connectivity index (χ0v) is 20.3. The molecule has 1 saturated heterocycles. The van der Waals surface area contributed by atoms with Gasteiger partial charge in [-0.3, -0.25) is 14.4 Å². The number of hydrogen-bond donors (Lipinski definition) is 3. The molecule has 0 spiro atoms. The standard InChI is InChI=1S/C27H36O7/c1-12-13(2)25(32)34-23(12)24(31)27(4,33)22-19(29)10-16-15-9-8-14-6-5-7-20(30)26(14,3)17(15)11-18(28)21(16)22/h5,7-8,12-13,15-17,19,21-24,29,31,33H,6,9-11H2,1-4H3/t12-,13-,15+,16+,17+,19+,21-,22+,23+,24-,26+,27-/m1/s1. The van der Waals surface area contributed by atoms with Crippen molar-refractivity contribution in [1.82, 2.24) is 0 Å². The highest BCUT2D eigenvalue weighted by molar-refractivity contribution is 5.99. The van der Waals surface area contributed by atoms with Gasteiger partial charge in [0.15, 0.2) is 5.78 Å². The topological polar surface area (TPSA) is 121 Å². The minimum atomic E-state index is -1.83. The lowest BCUT2D eigenvalue weighted by molar-refractivity contribution is -0.185. The van der Waals surface area contributed by atoms with E-state index in [1.807, 2.05) is 13.0 Å². The Labute approximate surface area is 200 Å². The van der Waals surface area contributed by atoms with Crippen molar-refractivity contribution in [3.05, 3.63) is 23.8 Å². The lowest BCUT2D eigenvalue weighted by Gasteiger charge is -2.52. The van der Waals surface area contributed by atoms with Gasteiger partial charge in [-0.25, -0.2) is 0 Å². The minimum absolute atomic E-state index is 0.0367. The van der Waals surface area contributed by atoms with Crippen molar-refractivity contribution in [3.8, 4) is 0 Å². The van der Waals surface area contributed by atoms with E-state index in [4.69, 9.17) is 4.74 Å². The number of esters is 1. The SMILES string of the molecule is C[C@H]1[C@@H]([C@@H](O)[C@](C)(O)[C@@H]2[C@H]3C(=O)C[C@H]4[C@@H](CC=C5CC=CC(=O)[C@@]54C)[C@@H]3C[C@@H]2O)OC(=O)[C@@H]1C. The number of hydrogen-bond acceptors (Lipinski definition) is 7. The predicted octanol–water partition coefficient (Wildman–Crippen LogP) is 1.98. The first-order valence-corrected chi connectivity index (χ1v) is 12.6. The lowest BCUT2D eigenvalue weighted by atomic mass is 9.50. The first-order chi connectivity index (χ1) is 15.9. The van der Waals surface area contributed by atoms with Crippen molar-refractivity contribution in [1.29, 1.82) is 0 Å². The summed E-state index contributed by atoms with van der Waals surface area (Å²) in [5, 5.41) is 33.9. The summed E-state index contributed by atoms with van der Waals surface area (Å²) in [4.78, 5) is 38.7. The van der Waals surface area contributed by atoms with Crippen LogP contribution in [0.25, 0.3) is 0 Å². The second kappa shape index (κ2) is 7.84. The number of ether oxygens (including phenoxy) is 1. The van der Waals surface area contributed by atoms with Gasteiger partial charge in [0.25, 0.3) is 0 Å². The first-order valence-electron chi connectivity index (χ1n) is 12.6. The van der Waals surface area contributed by atoms with Gasteiger partial charge in [0.1, 0.15) is 18.0 Å². The molecular formula is C27H36O7. The molecule has 7 nitrogen and oxygen atoms in total.